The third-order valence-electron chi connectivity index (χ3n) is 3.08. The van der Waals surface area contributed by atoms with Crippen LogP contribution in [0.15, 0.2) is 16.7 Å². The lowest BCUT2D eigenvalue weighted by atomic mass is 9.98. The van der Waals surface area contributed by atoms with Crippen molar-refractivity contribution in [2.45, 2.75) is 20.3 Å². The van der Waals surface area contributed by atoms with E-state index in [4.69, 9.17) is 14.9 Å². The minimum atomic E-state index is 0.614. The molecule has 0 aliphatic heterocycles. The van der Waals surface area contributed by atoms with Gasteiger partial charge in [0, 0.05) is 16.5 Å². The maximum absolute atomic E-state index is 5.64. The van der Waals surface area contributed by atoms with Crippen LogP contribution in [0.2, 0.25) is 0 Å². The number of ether oxygens (including phenoxy) is 1. The van der Waals surface area contributed by atoms with Gasteiger partial charge in [0.05, 0.1) is 13.4 Å². The van der Waals surface area contributed by atoms with Crippen LogP contribution in [-0.4, -0.2) is 13.7 Å². The van der Waals surface area contributed by atoms with Gasteiger partial charge in [-0.2, -0.15) is 0 Å². The Morgan fingerprint density at radius 3 is 2.69 bits per heavy atom. The molecule has 2 N–H and O–H groups in total. The molecule has 0 spiro atoms. The highest BCUT2D eigenvalue weighted by Gasteiger charge is 2.16. The van der Waals surface area contributed by atoms with E-state index in [1.807, 2.05) is 6.07 Å². The summed E-state index contributed by atoms with van der Waals surface area (Å²) in [6, 6.07) is 1.98. The summed E-state index contributed by atoms with van der Waals surface area (Å²) in [4.78, 5) is 0. The predicted octanol–water partition coefficient (Wildman–Crippen LogP) is 2.56. The van der Waals surface area contributed by atoms with Gasteiger partial charge in [0.1, 0.15) is 11.3 Å². The molecule has 1 heterocycles. The second kappa shape index (κ2) is 4.18. The van der Waals surface area contributed by atoms with Crippen molar-refractivity contribution in [3.63, 3.8) is 0 Å². The van der Waals surface area contributed by atoms with Gasteiger partial charge in [-0.1, -0.05) is 0 Å². The van der Waals surface area contributed by atoms with E-state index in [0.717, 1.165) is 39.8 Å². The molecule has 0 atom stereocenters. The molecule has 16 heavy (non-hydrogen) atoms. The molecule has 0 amide bonds. The van der Waals surface area contributed by atoms with Crippen molar-refractivity contribution in [1.82, 2.24) is 0 Å². The highest BCUT2D eigenvalue weighted by Crippen LogP contribution is 2.35. The van der Waals surface area contributed by atoms with Gasteiger partial charge in [-0.15, -0.1) is 0 Å². The number of hydrogen-bond donors (Lipinski definition) is 1. The highest BCUT2D eigenvalue weighted by atomic mass is 16.5. The van der Waals surface area contributed by atoms with Crippen LogP contribution in [-0.2, 0) is 6.42 Å². The second-order valence-corrected chi connectivity index (χ2v) is 3.96. The SMILES string of the molecule is COc1c(C)c(CCN)c2occc2c1C. The van der Waals surface area contributed by atoms with Gasteiger partial charge in [0.2, 0.25) is 0 Å². The first-order valence-corrected chi connectivity index (χ1v) is 5.44. The predicted molar refractivity (Wildman–Crippen MR) is 65.0 cm³/mol. The van der Waals surface area contributed by atoms with Crippen molar-refractivity contribution in [1.29, 1.82) is 0 Å². The molecule has 0 aliphatic carbocycles. The molecule has 3 nitrogen and oxygen atoms in total. The third kappa shape index (κ3) is 1.48. The van der Waals surface area contributed by atoms with Crippen molar-refractivity contribution in [3.05, 3.63) is 29.0 Å². The number of nitrogens with two attached hydrogens (primary N) is 1. The van der Waals surface area contributed by atoms with Crippen LogP contribution in [0.1, 0.15) is 16.7 Å². The Morgan fingerprint density at radius 2 is 2.06 bits per heavy atom. The Labute approximate surface area is 95.2 Å². The Morgan fingerprint density at radius 1 is 1.31 bits per heavy atom. The normalized spacial score (nSPS) is 11.0. The molecule has 1 aromatic carbocycles. The molecule has 0 fully saturated rings. The van der Waals surface area contributed by atoms with Crippen LogP contribution >= 0.6 is 0 Å². The van der Waals surface area contributed by atoms with Gasteiger partial charge in [0.15, 0.2) is 0 Å². The van der Waals surface area contributed by atoms with E-state index in [-0.39, 0.29) is 0 Å². The third-order valence-corrected chi connectivity index (χ3v) is 3.08. The van der Waals surface area contributed by atoms with Gasteiger partial charge < -0.3 is 14.9 Å². The summed E-state index contributed by atoms with van der Waals surface area (Å²) < 4.78 is 11.0. The van der Waals surface area contributed by atoms with E-state index < -0.39 is 0 Å². The standard InChI is InChI=1S/C13H17NO2/c1-8-10(4-6-14)13-11(5-7-16-13)9(2)12(8)15-3/h5,7H,4,6,14H2,1-3H3. The van der Waals surface area contributed by atoms with Crippen LogP contribution < -0.4 is 10.5 Å². The summed E-state index contributed by atoms with van der Waals surface area (Å²) in [7, 11) is 1.70. The lowest BCUT2D eigenvalue weighted by molar-refractivity contribution is 0.408. The number of methoxy groups -OCH3 is 1. The van der Waals surface area contributed by atoms with E-state index in [1.165, 1.54) is 0 Å². The molecule has 0 aliphatic rings. The topological polar surface area (TPSA) is 48.4 Å². The lowest BCUT2D eigenvalue weighted by Crippen LogP contribution is -2.06. The van der Waals surface area contributed by atoms with Crippen LogP contribution in [0.4, 0.5) is 0 Å². The Bertz CT molecular complexity index is 514. The molecule has 1 aromatic heterocycles. The summed E-state index contributed by atoms with van der Waals surface area (Å²) in [5.41, 5.74) is 10.0. The van der Waals surface area contributed by atoms with Crippen molar-refractivity contribution in [2.24, 2.45) is 5.73 Å². The van der Waals surface area contributed by atoms with Crippen LogP contribution in [0, 0.1) is 13.8 Å². The number of fused-ring (bicyclic) bond motifs is 1. The van der Waals surface area contributed by atoms with E-state index >= 15 is 0 Å². The fourth-order valence-electron chi connectivity index (χ4n) is 2.30. The summed E-state index contributed by atoms with van der Waals surface area (Å²) in [6.07, 6.45) is 2.53. The zero-order chi connectivity index (χ0) is 11.7. The fourth-order valence-corrected chi connectivity index (χ4v) is 2.30. The number of hydrogen-bond acceptors (Lipinski definition) is 3. The molecule has 0 radical (unpaired) electrons. The molecule has 0 saturated carbocycles. The van der Waals surface area contributed by atoms with E-state index in [9.17, 15) is 0 Å². The Hall–Kier alpha value is -1.48. The molecule has 2 aromatic rings. The zero-order valence-corrected chi connectivity index (χ0v) is 9.96. The van der Waals surface area contributed by atoms with E-state index in [2.05, 4.69) is 13.8 Å². The number of furan rings is 1. The minimum Gasteiger partial charge on any atom is -0.496 e. The number of rotatable bonds is 3. The molecule has 0 bridgehead atoms. The first-order chi connectivity index (χ1) is 7.70. The van der Waals surface area contributed by atoms with E-state index in [0.29, 0.717) is 6.54 Å². The molecular formula is C13H17NO2. The fraction of sp³-hybridized carbons (Fsp3) is 0.385. The van der Waals surface area contributed by atoms with Crippen molar-refractivity contribution in [2.75, 3.05) is 13.7 Å². The highest BCUT2D eigenvalue weighted by molar-refractivity contribution is 5.87. The summed E-state index contributed by atoms with van der Waals surface area (Å²) in [6.45, 7) is 4.72. The molecule has 0 saturated heterocycles. The maximum atomic E-state index is 5.64. The largest absolute Gasteiger partial charge is 0.496 e. The van der Waals surface area contributed by atoms with Crippen molar-refractivity contribution >= 4 is 11.0 Å². The van der Waals surface area contributed by atoms with Crippen LogP contribution in [0.3, 0.4) is 0 Å². The first kappa shape index (κ1) is 11.0. The minimum absolute atomic E-state index is 0.614. The van der Waals surface area contributed by atoms with Crippen LogP contribution in [0.5, 0.6) is 5.75 Å². The van der Waals surface area contributed by atoms with Gasteiger partial charge >= 0.3 is 0 Å². The van der Waals surface area contributed by atoms with Crippen molar-refractivity contribution in [3.8, 4) is 5.75 Å². The van der Waals surface area contributed by atoms with Crippen LogP contribution in [0.25, 0.3) is 11.0 Å². The maximum Gasteiger partial charge on any atom is 0.137 e. The average Bonchev–Trinajstić information content (AvgIpc) is 2.74. The zero-order valence-electron chi connectivity index (χ0n) is 9.96. The number of benzene rings is 1. The van der Waals surface area contributed by atoms with E-state index in [1.54, 1.807) is 13.4 Å². The molecule has 2 rings (SSSR count). The lowest BCUT2D eigenvalue weighted by Gasteiger charge is -2.14. The molecule has 0 unspecified atom stereocenters. The van der Waals surface area contributed by atoms with Gasteiger partial charge in [-0.3, -0.25) is 0 Å². The molecule has 86 valence electrons. The smallest absolute Gasteiger partial charge is 0.137 e. The van der Waals surface area contributed by atoms with Crippen molar-refractivity contribution < 1.29 is 9.15 Å². The van der Waals surface area contributed by atoms with Gasteiger partial charge in [0.25, 0.3) is 0 Å². The second-order valence-electron chi connectivity index (χ2n) is 3.96. The monoisotopic (exact) mass is 219 g/mol. The Balaban J connectivity index is 2.80. The summed E-state index contributed by atoms with van der Waals surface area (Å²) >= 11 is 0. The van der Waals surface area contributed by atoms with Gasteiger partial charge in [-0.05, 0) is 38.4 Å². The molecule has 3 heteroatoms. The average molecular weight is 219 g/mol. The Kier molecular flexibility index (Phi) is 2.88. The quantitative estimate of drug-likeness (QED) is 0.863. The summed E-state index contributed by atoms with van der Waals surface area (Å²) in [5.74, 6) is 0.942. The van der Waals surface area contributed by atoms with Gasteiger partial charge in [-0.25, -0.2) is 0 Å². The number of aryl methyl sites for hydroxylation is 1. The molecular weight excluding hydrogens is 202 g/mol. The summed E-state index contributed by atoms with van der Waals surface area (Å²) in [5, 5.41) is 1.12. The first-order valence-electron chi connectivity index (χ1n) is 5.44.